The van der Waals surface area contributed by atoms with Crippen molar-refractivity contribution in [3.63, 3.8) is 0 Å². The number of hydrogen-bond donors (Lipinski definition) is 1. The van der Waals surface area contributed by atoms with E-state index in [9.17, 15) is 9.59 Å². The molecule has 5 nitrogen and oxygen atoms in total. The fraction of sp³-hybridized carbons (Fsp3) is 0.538. The molecule has 1 aromatic heterocycles. The molecular weight excluding hydrogens is 232 g/mol. The molecule has 98 valence electrons. The van der Waals surface area contributed by atoms with Crippen molar-refractivity contribution in [1.82, 2.24) is 10.2 Å². The standard InChI is InChI=1S/C13H18N2O3/c1-8-5-6-10(18-8)9(2)15-7-11(16)14-13(3,4)12(15)17/h5-6,9H,7H2,1-4H3,(H,14,16). The molecule has 0 aliphatic carbocycles. The number of hydrogen-bond acceptors (Lipinski definition) is 3. The second kappa shape index (κ2) is 4.15. The monoisotopic (exact) mass is 250 g/mol. The number of carbonyl (C=O) groups is 2. The third-order valence-corrected chi connectivity index (χ3v) is 3.20. The molecule has 1 atom stereocenters. The van der Waals surface area contributed by atoms with Crippen molar-refractivity contribution in [2.45, 2.75) is 39.3 Å². The van der Waals surface area contributed by atoms with Crippen LogP contribution < -0.4 is 5.32 Å². The van der Waals surface area contributed by atoms with Crippen molar-refractivity contribution in [3.8, 4) is 0 Å². The summed E-state index contributed by atoms with van der Waals surface area (Å²) in [4.78, 5) is 25.5. The topological polar surface area (TPSA) is 62.6 Å². The van der Waals surface area contributed by atoms with Gasteiger partial charge in [0.25, 0.3) is 0 Å². The molecule has 0 aromatic carbocycles. The summed E-state index contributed by atoms with van der Waals surface area (Å²) in [5.41, 5.74) is -0.856. The van der Waals surface area contributed by atoms with Gasteiger partial charge in [-0.2, -0.15) is 0 Å². The smallest absolute Gasteiger partial charge is 0.248 e. The van der Waals surface area contributed by atoms with Gasteiger partial charge in [0, 0.05) is 0 Å². The van der Waals surface area contributed by atoms with Crippen LogP contribution in [0, 0.1) is 6.92 Å². The third-order valence-electron chi connectivity index (χ3n) is 3.20. The Balaban J connectivity index is 2.26. The van der Waals surface area contributed by atoms with Gasteiger partial charge in [-0.15, -0.1) is 0 Å². The molecule has 1 fully saturated rings. The fourth-order valence-corrected chi connectivity index (χ4v) is 2.17. The molecule has 1 aliphatic heterocycles. The van der Waals surface area contributed by atoms with Crippen molar-refractivity contribution in [2.75, 3.05) is 6.54 Å². The number of aryl methyl sites for hydroxylation is 1. The minimum Gasteiger partial charge on any atom is -0.464 e. The highest BCUT2D eigenvalue weighted by Crippen LogP contribution is 2.26. The summed E-state index contributed by atoms with van der Waals surface area (Å²) < 4.78 is 5.52. The van der Waals surface area contributed by atoms with Crippen LogP contribution in [0.2, 0.25) is 0 Å². The van der Waals surface area contributed by atoms with E-state index in [1.807, 2.05) is 26.0 Å². The Hall–Kier alpha value is -1.78. The van der Waals surface area contributed by atoms with E-state index in [1.165, 1.54) is 0 Å². The van der Waals surface area contributed by atoms with E-state index < -0.39 is 5.54 Å². The van der Waals surface area contributed by atoms with Crippen LogP contribution in [0.1, 0.15) is 38.3 Å². The number of rotatable bonds is 2. The largest absolute Gasteiger partial charge is 0.464 e. The van der Waals surface area contributed by atoms with Crippen LogP contribution >= 0.6 is 0 Å². The van der Waals surface area contributed by atoms with Crippen LogP contribution in [0.4, 0.5) is 0 Å². The molecule has 1 N–H and O–H groups in total. The van der Waals surface area contributed by atoms with E-state index in [2.05, 4.69) is 5.32 Å². The highest BCUT2D eigenvalue weighted by Gasteiger charge is 2.41. The van der Waals surface area contributed by atoms with Gasteiger partial charge < -0.3 is 14.6 Å². The average molecular weight is 250 g/mol. The Kier molecular flexibility index (Phi) is 2.92. The molecule has 18 heavy (non-hydrogen) atoms. The number of amides is 2. The highest BCUT2D eigenvalue weighted by molar-refractivity contribution is 5.97. The minimum atomic E-state index is -0.856. The maximum absolute atomic E-state index is 12.3. The molecule has 0 bridgehead atoms. The minimum absolute atomic E-state index is 0.0726. The van der Waals surface area contributed by atoms with E-state index in [1.54, 1.807) is 18.7 Å². The predicted octanol–water partition coefficient (Wildman–Crippen LogP) is 1.39. The van der Waals surface area contributed by atoms with Crippen molar-refractivity contribution < 1.29 is 14.0 Å². The zero-order chi connectivity index (χ0) is 13.5. The molecule has 1 aliphatic rings. The summed E-state index contributed by atoms with van der Waals surface area (Å²) in [5, 5.41) is 2.69. The first kappa shape index (κ1) is 12.7. The quantitative estimate of drug-likeness (QED) is 0.862. The fourth-order valence-electron chi connectivity index (χ4n) is 2.17. The summed E-state index contributed by atoms with van der Waals surface area (Å²) in [6.07, 6.45) is 0. The number of carbonyl (C=O) groups excluding carboxylic acids is 2. The molecule has 1 unspecified atom stereocenters. The van der Waals surface area contributed by atoms with E-state index in [-0.39, 0.29) is 24.4 Å². The van der Waals surface area contributed by atoms with Crippen LogP contribution in [-0.4, -0.2) is 28.8 Å². The SMILES string of the molecule is Cc1ccc(C(C)N2CC(=O)NC(C)(C)C2=O)o1. The number of piperazine rings is 1. The molecular formula is C13H18N2O3. The summed E-state index contributed by atoms with van der Waals surface area (Å²) >= 11 is 0. The first-order valence-corrected chi connectivity index (χ1v) is 5.99. The molecule has 1 aromatic rings. The molecule has 0 spiro atoms. The predicted molar refractivity (Wildman–Crippen MR) is 65.8 cm³/mol. The lowest BCUT2D eigenvalue weighted by molar-refractivity contribution is -0.151. The van der Waals surface area contributed by atoms with E-state index >= 15 is 0 Å². The van der Waals surface area contributed by atoms with E-state index in [0.29, 0.717) is 5.76 Å². The maximum atomic E-state index is 12.3. The average Bonchev–Trinajstić information content (AvgIpc) is 2.68. The lowest BCUT2D eigenvalue weighted by Gasteiger charge is -2.39. The maximum Gasteiger partial charge on any atom is 0.248 e. The van der Waals surface area contributed by atoms with Crippen molar-refractivity contribution in [2.24, 2.45) is 0 Å². The normalized spacial score (nSPS) is 20.8. The van der Waals surface area contributed by atoms with Crippen molar-refractivity contribution >= 4 is 11.8 Å². The Morgan fingerprint density at radius 2 is 2.06 bits per heavy atom. The second-order valence-corrected chi connectivity index (χ2v) is 5.23. The summed E-state index contributed by atoms with van der Waals surface area (Å²) in [6, 6.07) is 3.45. The molecule has 2 rings (SSSR count). The van der Waals surface area contributed by atoms with Crippen molar-refractivity contribution in [3.05, 3.63) is 23.7 Å². The molecule has 1 saturated heterocycles. The number of nitrogens with zero attached hydrogens (tertiary/aromatic N) is 1. The van der Waals surface area contributed by atoms with Gasteiger partial charge in [0.2, 0.25) is 11.8 Å². The van der Waals surface area contributed by atoms with E-state index in [0.717, 1.165) is 5.76 Å². The van der Waals surface area contributed by atoms with Gasteiger partial charge in [-0.05, 0) is 39.8 Å². The molecule has 0 saturated carbocycles. The molecule has 0 radical (unpaired) electrons. The Morgan fingerprint density at radius 3 is 2.61 bits per heavy atom. The van der Waals surface area contributed by atoms with Crippen LogP contribution in [0.5, 0.6) is 0 Å². The second-order valence-electron chi connectivity index (χ2n) is 5.23. The van der Waals surface area contributed by atoms with Gasteiger partial charge >= 0.3 is 0 Å². The van der Waals surface area contributed by atoms with Crippen molar-refractivity contribution in [1.29, 1.82) is 0 Å². The third kappa shape index (κ3) is 2.12. The van der Waals surface area contributed by atoms with Gasteiger partial charge in [0.15, 0.2) is 0 Å². The van der Waals surface area contributed by atoms with Gasteiger partial charge in [-0.1, -0.05) is 0 Å². The summed E-state index contributed by atoms with van der Waals surface area (Å²) in [7, 11) is 0. The number of nitrogens with one attached hydrogen (secondary N) is 1. The Bertz CT molecular complexity index is 490. The Labute approximate surface area is 106 Å². The summed E-state index contributed by atoms with van der Waals surface area (Å²) in [6.45, 7) is 7.21. The first-order chi connectivity index (χ1) is 8.31. The zero-order valence-electron chi connectivity index (χ0n) is 11.1. The lowest BCUT2D eigenvalue weighted by Crippen LogP contribution is -2.64. The van der Waals surface area contributed by atoms with E-state index in [4.69, 9.17) is 4.42 Å². The zero-order valence-corrected chi connectivity index (χ0v) is 11.1. The molecule has 2 amide bonds. The molecule has 5 heteroatoms. The van der Waals surface area contributed by atoms with Gasteiger partial charge in [-0.25, -0.2) is 0 Å². The van der Waals surface area contributed by atoms with Gasteiger partial charge in [-0.3, -0.25) is 9.59 Å². The van der Waals surface area contributed by atoms with Crippen LogP contribution in [-0.2, 0) is 9.59 Å². The first-order valence-electron chi connectivity index (χ1n) is 5.99. The lowest BCUT2D eigenvalue weighted by atomic mass is 9.98. The van der Waals surface area contributed by atoms with Crippen LogP contribution in [0.3, 0.4) is 0 Å². The Morgan fingerprint density at radius 1 is 1.39 bits per heavy atom. The van der Waals surface area contributed by atoms with Crippen LogP contribution in [0.15, 0.2) is 16.5 Å². The van der Waals surface area contributed by atoms with Crippen LogP contribution in [0.25, 0.3) is 0 Å². The van der Waals surface area contributed by atoms with Gasteiger partial charge in [0.1, 0.15) is 23.6 Å². The number of furan rings is 1. The highest BCUT2D eigenvalue weighted by atomic mass is 16.3. The molecule has 2 heterocycles. The van der Waals surface area contributed by atoms with Gasteiger partial charge in [0.05, 0.1) is 6.04 Å². The summed E-state index contributed by atoms with van der Waals surface area (Å²) in [5.74, 6) is 1.26.